The first kappa shape index (κ1) is 27.9. The number of hydrogen-bond acceptors (Lipinski definition) is 4. The quantitative estimate of drug-likeness (QED) is 0.385. The van der Waals surface area contributed by atoms with Gasteiger partial charge >= 0.3 is 0 Å². The van der Waals surface area contributed by atoms with Crippen molar-refractivity contribution >= 4 is 24.8 Å². The number of halogens is 3. The Bertz CT molecular complexity index is 999. The SMILES string of the molecule is COc1cccc(CNC2CCN(Cc3ccccc3)CC2)c1OCc1ccccc1F.Cl.Cl. The van der Waals surface area contributed by atoms with E-state index in [9.17, 15) is 4.39 Å². The van der Waals surface area contributed by atoms with Crippen molar-refractivity contribution in [2.45, 2.75) is 38.6 Å². The second kappa shape index (κ2) is 14.2. The van der Waals surface area contributed by atoms with Crippen LogP contribution in [0.25, 0.3) is 0 Å². The van der Waals surface area contributed by atoms with E-state index in [1.807, 2.05) is 24.3 Å². The second-order valence-electron chi connectivity index (χ2n) is 8.25. The first-order valence-corrected chi connectivity index (χ1v) is 11.2. The fraction of sp³-hybridized carbons (Fsp3) is 0.333. The van der Waals surface area contributed by atoms with Crippen molar-refractivity contribution in [2.24, 2.45) is 0 Å². The van der Waals surface area contributed by atoms with Gasteiger partial charge in [-0.25, -0.2) is 4.39 Å². The Kier molecular flexibility index (Phi) is 11.6. The summed E-state index contributed by atoms with van der Waals surface area (Å²) in [6, 6.07) is 23.7. The fourth-order valence-electron chi connectivity index (χ4n) is 4.18. The number of benzene rings is 3. The molecule has 0 bridgehead atoms. The third kappa shape index (κ3) is 7.60. The van der Waals surface area contributed by atoms with Gasteiger partial charge in [0.25, 0.3) is 0 Å². The molecule has 184 valence electrons. The zero-order chi connectivity index (χ0) is 22.2. The highest BCUT2D eigenvalue weighted by Gasteiger charge is 2.20. The maximum absolute atomic E-state index is 14.0. The summed E-state index contributed by atoms with van der Waals surface area (Å²) in [4.78, 5) is 2.52. The van der Waals surface area contributed by atoms with Crippen LogP contribution in [0.2, 0.25) is 0 Å². The van der Waals surface area contributed by atoms with Gasteiger partial charge in [-0.1, -0.05) is 60.7 Å². The molecule has 0 aliphatic carbocycles. The van der Waals surface area contributed by atoms with Gasteiger partial charge in [0.05, 0.1) is 7.11 Å². The number of ether oxygens (including phenoxy) is 2. The van der Waals surface area contributed by atoms with Crippen molar-refractivity contribution < 1.29 is 13.9 Å². The van der Waals surface area contributed by atoms with Gasteiger partial charge in [0.2, 0.25) is 0 Å². The normalized spacial score (nSPS) is 14.1. The molecule has 0 saturated carbocycles. The van der Waals surface area contributed by atoms with Gasteiger partial charge in [0, 0.05) is 30.3 Å². The summed E-state index contributed by atoms with van der Waals surface area (Å²) in [7, 11) is 1.63. The largest absolute Gasteiger partial charge is 0.493 e. The lowest BCUT2D eigenvalue weighted by atomic mass is 10.0. The maximum Gasteiger partial charge on any atom is 0.166 e. The lowest BCUT2D eigenvalue weighted by molar-refractivity contribution is 0.189. The Morgan fingerprint density at radius 2 is 1.56 bits per heavy atom. The molecular formula is C27H33Cl2FN2O2. The number of hydrogen-bond donors (Lipinski definition) is 1. The summed E-state index contributed by atoms with van der Waals surface area (Å²) < 4.78 is 25.6. The van der Waals surface area contributed by atoms with Crippen molar-refractivity contribution in [3.05, 3.63) is 95.3 Å². The molecule has 0 radical (unpaired) electrons. The van der Waals surface area contributed by atoms with Crippen molar-refractivity contribution in [2.75, 3.05) is 20.2 Å². The van der Waals surface area contributed by atoms with Crippen LogP contribution in [0.1, 0.15) is 29.5 Å². The molecule has 1 aliphatic rings. The minimum atomic E-state index is -0.260. The van der Waals surface area contributed by atoms with E-state index in [0.29, 0.717) is 29.6 Å². The number of nitrogens with zero attached hydrogens (tertiary/aromatic N) is 1. The number of methoxy groups -OCH3 is 1. The smallest absolute Gasteiger partial charge is 0.166 e. The Morgan fingerprint density at radius 3 is 2.26 bits per heavy atom. The third-order valence-electron chi connectivity index (χ3n) is 6.03. The van der Waals surface area contributed by atoms with Crippen LogP contribution in [0.3, 0.4) is 0 Å². The molecule has 0 unspecified atom stereocenters. The van der Waals surface area contributed by atoms with Crippen molar-refractivity contribution in [1.82, 2.24) is 10.2 Å². The second-order valence-corrected chi connectivity index (χ2v) is 8.25. The lowest BCUT2D eigenvalue weighted by Crippen LogP contribution is -2.41. The highest BCUT2D eigenvalue weighted by Crippen LogP contribution is 2.32. The lowest BCUT2D eigenvalue weighted by Gasteiger charge is -2.32. The summed E-state index contributed by atoms with van der Waals surface area (Å²) in [5, 5.41) is 3.69. The number of nitrogens with one attached hydrogen (secondary N) is 1. The predicted octanol–water partition coefficient (Wildman–Crippen LogP) is 6.01. The first-order chi connectivity index (χ1) is 15.7. The minimum absolute atomic E-state index is 0. The number of rotatable bonds is 9. The molecule has 0 atom stereocenters. The van der Waals surface area contributed by atoms with E-state index in [1.165, 1.54) is 11.6 Å². The van der Waals surface area contributed by atoms with E-state index in [4.69, 9.17) is 9.47 Å². The number of likely N-dealkylation sites (tertiary alicyclic amines) is 1. The molecule has 1 N–H and O–H groups in total. The average molecular weight is 507 g/mol. The Labute approximate surface area is 214 Å². The monoisotopic (exact) mass is 506 g/mol. The van der Waals surface area contributed by atoms with Crippen LogP contribution in [-0.4, -0.2) is 31.1 Å². The Balaban J connectivity index is 0.00000204. The maximum atomic E-state index is 14.0. The van der Waals surface area contributed by atoms with E-state index < -0.39 is 0 Å². The van der Waals surface area contributed by atoms with E-state index in [0.717, 1.165) is 38.0 Å². The van der Waals surface area contributed by atoms with Crippen LogP contribution in [0, 0.1) is 5.82 Å². The molecule has 1 saturated heterocycles. The number of para-hydroxylation sites is 1. The Hall–Kier alpha value is -2.31. The van der Waals surface area contributed by atoms with Crippen LogP contribution in [0.15, 0.2) is 72.8 Å². The van der Waals surface area contributed by atoms with Gasteiger partial charge in [-0.05, 0) is 43.6 Å². The van der Waals surface area contributed by atoms with Crippen LogP contribution < -0.4 is 14.8 Å². The molecular weight excluding hydrogens is 474 g/mol. The molecule has 0 amide bonds. The van der Waals surface area contributed by atoms with Gasteiger partial charge in [-0.3, -0.25) is 4.90 Å². The van der Waals surface area contributed by atoms with Gasteiger partial charge in [0.15, 0.2) is 11.5 Å². The molecule has 3 aromatic carbocycles. The molecule has 0 spiro atoms. The zero-order valence-corrected chi connectivity index (χ0v) is 21.0. The molecule has 3 aromatic rings. The van der Waals surface area contributed by atoms with Crippen LogP contribution in [0.5, 0.6) is 11.5 Å². The molecule has 1 heterocycles. The van der Waals surface area contributed by atoms with E-state index >= 15 is 0 Å². The van der Waals surface area contributed by atoms with Crippen LogP contribution in [-0.2, 0) is 19.7 Å². The predicted molar refractivity (Wildman–Crippen MR) is 140 cm³/mol. The van der Waals surface area contributed by atoms with Crippen LogP contribution in [0.4, 0.5) is 4.39 Å². The van der Waals surface area contributed by atoms with E-state index in [-0.39, 0.29) is 37.2 Å². The van der Waals surface area contributed by atoms with E-state index in [1.54, 1.807) is 19.2 Å². The van der Waals surface area contributed by atoms with Gasteiger partial charge in [0.1, 0.15) is 12.4 Å². The average Bonchev–Trinajstić information content (AvgIpc) is 2.84. The highest BCUT2D eigenvalue weighted by atomic mass is 35.5. The fourth-order valence-corrected chi connectivity index (χ4v) is 4.18. The van der Waals surface area contributed by atoms with Crippen molar-refractivity contribution in [3.63, 3.8) is 0 Å². The molecule has 0 aromatic heterocycles. The summed E-state index contributed by atoms with van der Waals surface area (Å²) in [6.07, 6.45) is 2.23. The van der Waals surface area contributed by atoms with Gasteiger partial charge < -0.3 is 14.8 Å². The molecule has 1 aliphatic heterocycles. The summed E-state index contributed by atoms with van der Waals surface area (Å²) in [6.45, 7) is 4.03. The van der Waals surface area contributed by atoms with Crippen molar-refractivity contribution in [1.29, 1.82) is 0 Å². The third-order valence-corrected chi connectivity index (χ3v) is 6.03. The summed E-state index contributed by atoms with van der Waals surface area (Å²) >= 11 is 0. The zero-order valence-electron chi connectivity index (χ0n) is 19.4. The van der Waals surface area contributed by atoms with Crippen molar-refractivity contribution in [3.8, 4) is 11.5 Å². The summed E-state index contributed by atoms with van der Waals surface area (Å²) in [5.74, 6) is 1.08. The molecule has 34 heavy (non-hydrogen) atoms. The molecule has 7 heteroatoms. The van der Waals surface area contributed by atoms with Gasteiger partial charge in [-0.15, -0.1) is 24.8 Å². The Morgan fingerprint density at radius 1 is 0.882 bits per heavy atom. The standard InChI is InChI=1S/C27H31FN2O2.2ClH/c1-31-26-13-7-11-22(27(26)32-20-23-10-5-6-12-25(23)28)18-29-24-14-16-30(17-15-24)19-21-8-3-2-4-9-21;;/h2-13,24,29H,14-20H2,1H3;2*1H. The molecule has 4 nitrogen and oxygen atoms in total. The highest BCUT2D eigenvalue weighted by molar-refractivity contribution is 5.85. The van der Waals surface area contributed by atoms with Crippen LogP contribution >= 0.6 is 24.8 Å². The van der Waals surface area contributed by atoms with Gasteiger partial charge in [-0.2, -0.15) is 0 Å². The summed E-state index contributed by atoms with van der Waals surface area (Å²) in [5.41, 5.74) is 2.92. The minimum Gasteiger partial charge on any atom is -0.493 e. The molecule has 4 rings (SSSR count). The topological polar surface area (TPSA) is 33.7 Å². The number of piperidine rings is 1. The first-order valence-electron chi connectivity index (χ1n) is 11.2. The van der Waals surface area contributed by atoms with E-state index in [2.05, 4.69) is 40.5 Å². The molecule has 1 fully saturated rings.